The number of aromatic amines is 1. The zero-order chi connectivity index (χ0) is 19.3. The van der Waals surface area contributed by atoms with Crippen LogP contribution in [0, 0.1) is 5.82 Å². The quantitative estimate of drug-likeness (QED) is 0.669. The molecule has 1 aromatic heterocycles. The van der Waals surface area contributed by atoms with Gasteiger partial charge in [0.25, 0.3) is 0 Å². The third kappa shape index (κ3) is 4.51. The Hall–Kier alpha value is -2.86. The molecule has 6 heteroatoms. The standard InChI is InChI=1S/C22H24FN3O2/c1-27-21-4-2-3-16(11-21)13-26-10-9-17(14-26)22-12-19(24-25-22)15-28-20-7-5-18(23)6-8-20/h2-8,11-12,17H,9-10,13-15H2,1H3,(H,24,25)/t17-/m0/s1. The highest BCUT2D eigenvalue weighted by Gasteiger charge is 2.26. The number of hydrogen-bond donors (Lipinski definition) is 1. The van der Waals surface area contributed by atoms with E-state index in [1.807, 2.05) is 12.1 Å². The minimum absolute atomic E-state index is 0.268. The number of benzene rings is 2. The van der Waals surface area contributed by atoms with E-state index in [-0.39, 0.29) is 5.82 Å². The Morgan fingerprint density at radius 1 is 1.14 bits per heavy atom. The summed E-state index contributed by atoms with van der Waals surface area (Å²) < 4.78 is 23.9. The van der Waals surface area contributed by atoms with Gasteiger partial charge in [0.15, 0.2) is 0 Å². The molecule has 2 heterocycles. The van der Waals surface area contributed by atoms with Crippen LogP contribution in [0.1, 0.15) is 29.3 Å². The van der Waals surface area contributed by atoms with Crippen molar-refractivity contribution in [3.05, 3.63) is 77.4 Å². The molecule has 0 bridgehead atoms. The van der Waals surface area contributed by atoms with E-state index in [0.29, 0.717) is 18.3 Å². The molecule has 0 radical (unpaired) electrons. The largest absolute Gasteiger partial charge is 0.497 e. The highest BCUT2D eigenvalue weighted by atomic mass is 19.1. The molecule has 1 atom stereocenters. The van der Waals surface area contributed by atoms with E-state index < -0.39 is 0 Å². The molecule has 146 valence electrons. The fourth-order valence-electron chi connectivity index (χ4n) is 3.60. The number of nitrogens with zero attached hydrogens (tertiary/aromatic N) is 2. The summed E-state index contributed by atoms with van der Waals surface area (Å²) in [6.45, 7) is 3.34. The summed E-state index contributed by atoms with van der Waals surface area (Å²) in [5, 5.41) is 7.54. The number of ether oxygens (including phenoxy) is 2. The van der Waals surface area contributed by atoms with Gasteiger partial charge in [0.2, 0.25) is 0 Å². The van der Waals surface area contributed by atoms with Crippen molar-refractivity contribution in [2.45, 2.75) is 25.5 Å². The molecule has 2 aromatic carbocycles. The van der Waals surface area contributed by atoms with Gasteiger partial charge in [-0.15, -0.1) is 0 Å². The van der Waals surface area contributed by atoms with Gasteiger partial charge in [-0.3, -0.25) is 10.00 Å². The van der Waals surface area contributed by atoms with E-state index >= 15 is 0 Å². The van der Waals surface area contributed by atoms with Crippen LogP contribution in [-0.4, -0.2) is 35.3 Å². The summed E-state index contributed by atoms with van der Waals surface area (Å²) in [7, 11) is 1.69. The average molecular weight is 381 g/mol. The zero-order valence-electron chi connectivity index (χ0n) is 15.9. The molecule has 4 rings (SSSR count). The fourth-order valence-corrected chi connectivity index (χ4v) is 3.60. The second-order valence-electron chi connectivity index (χ2n) is 7.13. The molecule has 1 fully saturated rings. The van der Waals surface area contributed by atoms with Crippen molar-refractivity contribution in [1.82, 2.24) is 15.1 Å². The van der Waals surface area contributed by atoms with E-state index in [4.69, 9.17) is 9.47 Å². The van der Waals surface area contributed by atoms with Gasteiger partial charge in [-0.1, -0.05) is 12.1 Å². The molecular weight excluding hydrogens is 357 g/mol. The summed E-state index contributed by atoms with van der Waals surface area (Å²) in [6, 6.07) is 16.3. The number of nitrogens with one attached hydrogen (secondary N) is 1. The van der Waals surface area contributed by atoms with Crippen molar-refractivity contribution in [3.8, 4) is 11.5 Å². The number of aromatic nitrogens is 2. The Bertz CT molecular complexity index is 910. The number of H-pyrrole nitrogens is 1. The van der Waals surface area contributed by atoms with Gasteiger partial charge in [-0.2, -0.15) is 5.10 Å². The molecule has 5 nitrogen and oxygen atoms in total. The van der Waals surface area contributed by atoms with Crippen LogP contribution in [0.25, 0.3) is 0 Å². The highest BCUT2D eigenvalue weighted by molar-refractivity contribution is 5.28. The molecular formula is C22H24FN3O2. The third-order valence-corrected chi connectivity index (χ3v) is 5.09. The maximum absolute atomic E-state index is 13.0. The SMILES string of the molecule is COc1cccc(CN2CC[C@H](c3cc(COc4ccc(F)cc4)[nH]n3)C2)c1. The monoisotopic (exact) mass is 381 g/mol. The molecule has 0 amide bonds. The van der Waals surface area contributed by atoms with E-state index in [1.165, 1.54) is 17.7 Å². The van der Waals surface area contributed by atoms with E-state index in [9.17, 15) is 4.39 Å². The summed E-state index contributed by atoms with van der Waals surface area (Å²) in [5.74, 6) is 1.69. The van der Waals surface area contributed by atoms with Crippen LogP contribution in [0.2, 0.25) is 0 Å². The number of halogens is 1. The molecule has 1 N–H and O–H groups in total. The van der Waals surface area contributed by atoms with Crippen molar-refractivity contribution in [2.75, 3.05) is 20.2 Å². The molecule has 0 unspecified atom stereocenters. The number of likely N-dealkylation sites (tertiary alicyclic amines) is 1. The van der Waals surface area contributed by atoms with Crippen LogP contribution in [0.4, 0.5) is 4.39 Å². The van der Waals surface area contributed by atoms with Gasteiger partial charge in [-0.25, -0.2) is 4.39 Å². The van der Waals surface area contributed by atoms with Crippen LogP contribution >= 0.6 is 0 Å². The average Bonchev–Trinajstić information content (AvgIpc) is 3.37. The minimum Gasteiger partial charge on any atom is -0.497 e. The molecule has 0 saturated carbocycles. The molecule has 1 aliphatic heterocycles. The van der Waals surface area contributed by atoms with Gasteiger partial charge in [-0.05, 0) is 61.0 Å². The topological polar surface area (TPSA) is 50.4 Å². The van der Waals surface area contributed by atoms with E-state index in [2.05, 4.69) is 33.3 Å². The fraction of sp³-hybridized carbons (Fsp3) is 0.318. The lowest BCUT2D eigenvalue weighted by Gasteiger charge is -2.16. The predicted octanol–water partition coefficient (Wildman–Crippen LogP) is 4.13. The van der Waals surface area contributed by atoms with Crippen LogP contribution < -0.4 is 9.47 Å². The lowest BCUT2D eigenvalue weighted by atomic mass is 10.1. The lowest BCUT2D eigenvalue weighted by molar-refractivity contribution is 0.300. The van der Waals surface area contributed by atoms with Crippen molar-refractivity contribution in [2.24, 2.45) is 0 Å². The van der Waals surface area contributed by atoms with Crippen LogP contribution in [0.15, 0.2) is 54.6 Å². The Morgan fingerprint density at radius 3 is 2.82 bits per heavy atom. The van der Waals surface area contributed by atoms with Gasteiger partial charge in [0.1, 0.15) is 23.9 Å². The second kappa shape index (κ2) is 8.44. The van der Waals surface area contributed by atoms with Crippen LogP contribution in [-0.2, 0) is 13.2 Å². The minimum atomic E-state index is -0.268. The molecule has 1 saturated heterocycles. The number of hydrogen-bond acceptors (Lipinski definition) is 4. The molecule has 28 heavy (non-hydrogen) atoms. The first-order valence-corrected chi connectivity index (χ1v) is 9.47. The summed E-state index contributed by atoms with van der Waals surface area (Å²) in [5.41, 5.74) is 3.26. The van der Waals surface area contributed by atoms with Crippen molar-refractivity contribution in [1.29, 1.82) is 0 Å². The number of methoxy groups -OCH3 is 1. The first-order valence-electron chi connectivity index (χ1n) is 9.47. The van der Waals surface area contributed by atoms with Crippen molar-refractivity contribution < 1.29 is 13.9 Å². The molecule has 0 aliphatic carbocycles. The normalized spacial score (nSPS) is 17.0. The summed E-state index contributed by atoms with van der Waals surface area (Å²) in [6.07, 6.45) is 1.09. The smallest absolute Gasteiger partial charge is 0.130 e. The maximum atomic E-state index is 13.0. The van der Waals surface area contributed by atoms with Gasteiger partial charge in [0, 0.05) is 19.0 Å². The predicted molar refractivity (Wildman–Crippen MR) is 105 cm³/mol. The summed E-state index contributed by atoms with van der Waals surface area (Å²) >= 11 is 0. The van der Waals surface area contributed by atoms with Crippen molar-refractivity contribution in [3.63, 3.8) is 0 Å². The Labute approximate surface area is 164 Å². The maximum Gasteiger partial charge on any atom is 0.130 e. The first-order chi connectivity index (χ1) is 13.7. The first kappa shape index (κ1) is 18.5. The second-order valence-corrected chi connectivity index (χ2v) is 7.13. The van der Waals surface area contributed by atoms with Crippen molar-refractivity contribution >= 4 is 0 Å². The number of rotatable bonds is 7. The highest BCUT2D eigenvalue weighted by Crippen LogP contribution is 2.28. The van der Waals surface area contributed by atoms with Gasteiger partial charge < -0.3 is 9.47 Å². The van der Waals surface area contributed by atoms with Gasteiger partial charge >= 0.3 is 0 Å². The Kier molecular flexibility index (Phi) is 5.58. The van der Waals surface area contributed by atoms with Crippen LogP contribution in [0.5, 0.6) is 11.5 Å². The van der Waals surface area contributed by atoms with E-state index in [1.54, 1.807) is 19.2 Å². The zero-order valence-corrected chi connectivity index (χ0v) is 15.9. The lowest BCUT2D eigenvalue weighted by Crippen LogP contribution is -2.19. The molecule has 1 aliphatic rings. The Morgan fingerprint density at radius 2 is 2.00 bits per heavy atom. The van der Waals surface area contributed by atoms with Gasteiger partial charge in [0.05, 0.1) is 18.5 Å². The van der Waals surface area contributed by atoms with Crippen LogP contribution in [0.3, 0.4) is 0 Å². The van der Waals surface area contributed by atoms with E-state index in [0.717, 1.165) is 43.2 Å². The summed E-state index contributed by atoms with van der Waals surface area (Å²) in [4.78, 5) is 2.45. The molecule has 0 spiro atoms. The third-order valence-electron chi connectivity index (χ3n) is 5.09. The molecule has 3 aromatic rings. The Balaban J connectivity index is 1.31.